The molecule has 1 aromatic heterocycles. The highest BCUT2D eigenvalue weighted by atomic mass is 16.5. The SMILES string of the molecule is CCOC(c1ccccc1)c1noc(CC#N)n1. The van der Waals surface area contributed by atoms with Crippen LogP contribution < -0.4 is 0 Å². The number of hydrogen-bond donors (Lipinski definition) is 0. The van der Waals surface area contributed by atoms with Gasteiger partial charge in [-0.25, -0.2) is 0 Å². The molecule has 18 heavy (non-hydrogen) atoms. The lowest BCUT2D eigenvalue weighted by Gasteiger charge is -2.13. The van der Waals surface area contributed by atoms with Crippen molar-refractivity contribution in [3.8, 4) is 6.07 Å². The molecule has 0 spiro atoms. The van der Waals surface area contributed by atoms with E-state index in [-0.39, 0.29) is 12.5 Å². The molecular weight excluding hydrogens is 230 g/mol. The maximum Gasteiger partial charge on any atom is 0.240 e. The van der Waals surface area contributed by atoms with Crippen molar-refractivity contribution >= 4 is 0 Å². The van der Waals surface area contributed by atoms with E-state index < -0.39 is 0 Å². The van der Waals surface area contributed by atoms with E-state index in [1.54, 1.807) is 0 Å². The summed E-state index contributed by atoms with van der Waals surface area (Å²) >= 11 is 0. The topological polar surface area (TPSA) is 71.9 Å². The van der Waals surface area contributed by atoms with Gasteiger partial charge < -0.3 is 9.26 Å². The third-order valence-electron chi connectivity index (χ3n) is 2.38. The first-order valence-corrected chi connectivity index (χ1v) is 5.71. The Kier molecular flexibility index (Phi) is 4.05. The van der Waals surface area contributed by atoms with Gasteiger partial charge in [-0.05, 0) is 12.5 Å². The molecule has 0 fully saturated rings. The fourth-order valence-corrected chi connectivity index (χ4v) is 1.63. The Labute approximate surface area is 105 Å². The Morgan fingerprint density at radius 1 is 1.39 bits per heavy atom. The second-order valence-corrected chi connectivity index (χ2v) is 3.63. The van der Waals surface area contributed by atoms with Gasteiger partial charge in [-0.2, -0.15) is 10.2 Å². The number of nitrogens with zero attached hydrogens (tertiary/aromatic N) is 3. The Bertz CT molecular complexity index is 531. The quantitative estimate of drug-likeness (QED) is 0.805. The number of nitriles is 1. The standard InChI is InChI=1S/C13H13N3O2/c1-2-17-12(10-6-4-3-5-7-10)13-15-11(8-9-14)18-16-13/h3-7,12H,2,8H2,1H3. The van der Waals surface area contributed by atoms with Crippen LogP contribution >= 0.6 is 0 Å². The van der Waals surface area contributed by atoms with Crippen LogP contribution in [-0.4, -0.2) is 16.7 Å². The molecule has 0 bridgehead atoms. The van der Waals surface area contributed by atoms with Gasteiger partial charge in [-0.3, -0.25) is 0 Å². The van der Waals surface area contributed by atoms with Gasteiger partial charge in [-0.15, -0.1) is 0 Å². The molecule has 1 unspecified atom stereocenters. The van der Waals surface area contributed by atoms with Crippen LogP contribution in [0.5, 0.6) is 0 Å². The van der Waals surface area contributed by atoms with Crippen molar-refractivity contribution in [3.05, 3.63) is 47.6 Å². The van der Waals surface area contributed by atoms with Gasteiger partial charge in [0.05, 0.1) is 6.07 Å². The van der Waals surface area contributed by atoms with Crippen LogP contribution in [-0.2, 0) is 11.2 Å². The average Bonchev–Trinajstić information content (AvgIpc) is 2.86. The van der Waals surface area contributed by atoms with Gasteiger partial charge in [0.1, 0.15) is 12.5 Å². The molecule has 0 aliphatic heterocycles. The minimum atomic E-state index is -0.354. The molecule has 0 saturated heterocycles. The Morgan fingerprint density at radius 2 is 2.17 bits per heavy atom. The van der Waals surface area contributed by atoms with Crippen molar-refractivity contribution in [2.24, 2.45) is 0 Å². The zero-order chi connectivity index (χ0) is 12.8. The minimum Gasteiger partial charge on any atom is -0.366 e. The lowest BCUT2D eigenvalue weighted by molar-refractivity contribution is 0.0833. The van der Waals surface area contributed by atoms with Gasteiger partial charge in [0.2, 0.25) is 11.7 Å². The van der Waals surface area contributed by atoms with Crippen molar-refractivity contribution in [2.75, 3.05) is 6.61 Å². The van der Waals surface area contributed by atoms with Crippen LogP contribution in [0.4, 0.5) is 0 Å². The second-order valence-electron chi connectivity index (χ2n) is 3.63. The highest BCUT2D eigenvalue weighted by molar-refractivity contribution is 5.22. The molecule has 0 saturated carbocycles. The van der Waals surface area contributed by atoms with E-state index in [1.165, 1.54) is 0 Å². The minimum absolute atomic E-state index is 0.112. The summed E-state index contributed by atoms with van der Waals surface area (Å²) in [4.78, 5) is 4.17. The van der Waals surface area contributed by atoms with Gasteiger partial charge in [-0.1, -0.05) is 35.5 Å². The van der Waals surface area contributed by atoms with Crippen molar-refractivity contribution in [3.63, 3.8) is 0 Å². The normalized spacial score (nSPS) is 12.0. The summed E-state index contributed by atoms with van der Waals surface area (Å²) in [5.41, 5.74) is 0.962. The zero-order valence-electron chi connectivity index (χ0n) is 10.0. The van der Waals surface area contributed by atoms with Crippen LogP contribution in [0, 0.1) is 11.3 Å². The van der Waals surface area contributed by atoms with Crippen LogP contribution in [0.25, 0.3) is 0 Å². The third kappa shape index (κ3) is 2.73. The first-order chi connectivity index (χ1) is 8.85. The fourth-order valence-electron chi connectivity index (χ4n) is 1.63. The fraction of sp³-hybridized carbons (Fsp3) is 0.308. The number of aromatic nitrogens is 2. The lowest BCUT2D eigenvalue weighted by Crippen LogP contribution is -2.08. The molecule has 92 valence electrons. The summed E-state index contributed by atoms with van der Waals surface area (Å²) < 4.78 is 10.6. The van der Waals surface area contributed by atoms with E-state index in [2.05, 4.69) is 10.1 Å². The Morgan fingerprint density at radius 3 is 2.83 bits per heavy atom. The summed E-state index contributed by atoms with van der Waals surface area (Å²) in [5.74, 6) is 0.765. The summed E-state index contributed by atoms with van der Waals surface area (Å²) in [7, 11) is 0. The number of ether oxygens (including phenoxy) is 1. The number of rotatable bonds is 5. The van der Waals surface area contributed by atoms with Crippen molar-refractivity contribution in [2.45, 2.75) is 19.4 Å². The highest BCUT2D eigenvalue weighted by Gasteiger charge is 2.20. The molecule has 1 heterocycles. The molecule has 5 nitrogen and oxygen atoms in total. The maximum atomic E-state index is 8.58. The molecule has 0 aliphatic carbocycles. The van der Waals surface area contributed by atoms with Crippen LogP contribution in [0.3, 0.4) is 0 Å². The van der Waals surface area contributed by atoms with Crippen molar-refractivity contribution in [1.82, 2.24) is 10.1 Å². The molecule has 0 aliphatic rings. The van der Waals surface area contributed by atoms with Crippen LogP contribution in [0.1, 0.15) is 30.3 Å². The van der Waals surface area contributed by atoms with Crippen molar-refractivity contribution < 1.29 is 9.26 Å². The second kappa shape index (κ2) is 5.94. The lowest BCUT2D eigenvalue weighted by atomic mass is 10.1. The summed E-state index contributed by atoms with van der Waals surface area (Å²) in [5, 5.41) is 12.4. The Hall–Kier alpha value is -2.19. The molecule has 2 aromatic rings. The molecule has 0 N–H and O–H groups in total. The molecule has 1 aromatic carbocycles. The third-order valence-corrected chi connectivity index (χ3v) is 2.38. The van der Waals surface area contributed by atoms with Gasteiger partial charge in [0.25, 0.3) is 0 Å². The predicted octanol–water partition coefficient (Wildman–Crippen LogP) is 2.26. The monoisotopic (exact) mass is 243 g/mol. The zero-order valence-corrected chi connectivity index (χ0v) is 10.0. The van der Waals surface area contributed by atoms with Crippen LogP contribution in [0.2, 0.25) is 0 Å². The van der Waals surface area contributed by atoms with Gasteiger partial charge in [0.15, 0.2) is 0 Å². The number of hydrogen-bond acceptors (Lipinski definition) is 5. The summed E-state index contributed by atoms with van der Waals surface area (Å²) in [6.45, 7) is 2.45. The first-order valence-electron chi connectivity index (χ1n) is 5.71. The van der Waals surface area contributed by atoms with E-state index in [1.807, 2.05) is 43.3 Å². The largest absolute Gasteiger partial charge is 0.366 e. The van der Waals surface area contributed by atoms with E-state index >= 15 is 0 Å². The first kappa shape index (κ1) is 12.3. The van der Waals surface area contributed by atoms with Gasteiger partial charge >= 0.3 is 0 Å². The smallest absolute Gasteiger partial charge is 0.240 e. The van der Waals surface area contributed by atoms with Gasteiger partial charge in [0, 0.05) is 6.61 Å². The molecule has 5 heteroatoms. The Balaban J connectivity index is 2.27. The highest BCUT2D eigenvalue weighted by Crippen LogP contribution is 2.23. The molecule has 1 atom stereocenters. The molecule has 2 rings (SSSR count). The summed E-state index contributed by atoms with van der Waals surface area (Å²) in [6.07, 6.45) is -0.243. The van der Waals surface area contributed by atoms with Crippen LogP contribution in [0.15, 0.2) is 34.9 Å². The van der Waals surface area contributed by atoms with E-state index in [4.69, 9.17) is 14.5 Å². The molecule has 0 radical (unpaired) electrons. The summed E-state index contributed by atoms with van der Waals surface area (Å²) in [6, 6.07) is 11.7. The predicted molar refractivity (Wildman–Crippen MR) is 63.5 cm³/mol. The van der Waals surface area contributed by atoms with Crippen molar-refractivity contribution in [1.29, 1.82) is 5.26 Å². The molecule has 0 amide bonds. The van der Waals surface area contributed by atoms with E-state index in [0.29, 0.717) is 18.3 Å². The average molecular weight is 243 g/mol. The number of benzene rings is 1. The molecular formula is C13H13N3O2. The van der Waals surface area contributed by atoms with E-state index in [0.717, 1.165) is 5.56 Å². The maximum absolute atomic E-state index is 8.58. The van der Waals surface area contributed by atoms with E-state index in [9.17, 15) is 0 Å².